The summed E-state index contributed by atoms with van der Waals surface area (Å²) < 4.78 is 0. The smallest absolute Gasteiger partial charge is 0.0512 e. The van der Waals surface area contributed by atoms with Gasteiger partial charge in [0.15, 0.2) is 0 Å². The zero-order valence-electron chi connectivity index (χ0n) is 12.0. The van der Waals surface area contributed by atoms with Gasteiger partial charge in [-0.3, -0.25) is 14.7 Å². The van der Waals surface area contributed by atoms with Crippen molar-refractivity contribution in [2.24, 2.45) is 0 Å². The highest BCUT2D eigenvalue weighted by Crippen LogP contribution is 1.96. The fourth-order valence-electron chi connectivity index (χ4n) is 1.87. The first-order valence-corrected chi connectivity index (χ1v) is 6.65. The average Bonchev–Trinajstić information content (AvgIpc) is 2.23. The minimum atomic E-state index is 0. The van der Waals surface area contributed by atoms with E-state index in [0.29, 0.717) is 0 Å². The Bertz CT molecular complexity index is 136. The van der Waals surface area contributed by atoms with Crippen LogP contribution in [0.15, 0.2) is 0 Å². The molecule has 3 heteroatoms. The lowest BCUT2D eigenvalue weighted by atomic mass is 10.3. The number of nitrogens with zero attached hydrogens (tertiary/aromatic N) is 3. The van der Waals surface area contributed by atoms with Gasteiger partial charge in [0.05, 0.1) is 13.3 Å². The van der Waals surface area contributed by atoms with E-state index < -0.39 is 0 Å². The second-order valence-corrected chi connectivity index (χ2v) is 5.01. The highest BCUT2D eigenvalue weighted by molar-refractivity contribution is 4.54. The highest BCUT2D eigenvalue weighted by Gasteiger charge is 2.05. The third kappa shape index (κ3) is 28.1. The van der Waals surface area contributed by atoms with E-state index in [1.54, 1.807) is 0 Å². The summed E-state index contributed by atoms with van der Waals surface area (Å²) in [5, 5.41) is 0. The highest BCUT2D eigenvalue weighted by atomic mass is 15.4. The van der Waals surface area contributed by atoms with Gasteiger partial charge in [-0.05, 0) is 47.1 Å². The van der Waals surface area contributed by atoms with Gasteiger partial charge >= 0.3 is 0 Å². The minimum absolute atomic E-state index is 0. The summed E-state index contributed by atoms with van der Waals surface area (Å²) >= 11 is 0. The lowest BCUT2D eigenvalue weighted by molar-refractivity contribution is 0.117. The van der Waals surface area contributed by atoms with E-state index in [4.69, 9.17) is 0 Å². The van der Waals surface area contributed by atoms with Crippen molar-refractivity contribution in [2.45, 2.75) is 84.1 Å². The summed E-state index contributed by atoms with van der Waals surface area (Å²) in [6, 6.07) is 0. The summed E-state index contributed by atoms with van der Waals surface area (Å²) in [6.45, 7) is 9.04. The number of rotatable bonds is 10. The molecule has 0 bridgehead atoms. The third-order valence-corrected chi connectivity index (χ3v) is 2.75. The van der Waals surface area contributed by atoms with Gasteiger partial charge in [-0.15, -0.1) is 0 Å². The molecule has 0 fully saturated rings. The zero-order chi connectivity index (χ0) is 12.4. The molecule has 0 aliphatic carbocycles. The van der Waals surface area contributed by atoms with Crippen LogP contribution < -0.4 is 0 Å². The number of unbranched alkanes of at least 4 members (excludes halogenated alkanes) is 2. The molecule has 0 aromatic heterocycles. The molecule has 0 aliphatic rings. The maximum absolute atomic E-state index is 2.40. The Kier molecular flexibility index (Phi) is 56.7. The molecule has 0 N–H and O–H groups in total. The summed E-state index contributed by atoms with van der Waals surface area (Å²) in [5.41, 5.74) is 0. The summed E-state index contributed by atoms with van der Waals surface area (Å²) in [7, 11) is 6.61. The fourth-order valence-corrected chi connectivity index (χ4v) is 1.87. The molecule has 146 valence electrons. The van der Waals surface area contributed by atoms with Gasteiger partial charge in [0.25, 0.3) is 0 Å². The normalized spacial score (nSPS) is 8.73. The molecule has 0 atom stereocenters. The first kappa shape index (κ1) is 43.1. The van der Waals surface area contributed by atoms with Crippen molar-refractivity contribution < 1.29 is 0 Å². The minimum Gasteiger partial charge on any atom is -0.294 e. The SMILES string of the molecule is C.C.C.C.C.C.CCCCN(C)CN(C)CN(C)CCCC. The quantitative estimate of drug-likeness (QED) is 0.448. The van der Waals surface area contributed by atoms with Crippen molar-refractivity contribution in [3.63, 3.8) is 0 Å². The van der Waals surface area contributed by atoms with Crippen molar-refractivity contribution in [2.75, 3.05) is 47.6 Å². The van der Waals surface area contributed by atoms with Crippen LogP contribution >= 0.6 is 0 Å². The van der Waals surface area contributed by atoms with Crippen LogP contribution in [-0.2, 0) is 0 Å². The summed E-state index contributed by atoms with van der Waals surface area (Å²) in [6.07, 6.45) is 5.17. The number of hydrogen-bond donors (Lipinski definition) is 0. The molecule has 22 heavy (non-hydrogen) atoms. The fraction of sp³-hybridized carbons (Fsp3) is 1.00. The predicted octanol–water partition coefficient (Wildman–Crippen LogP) is 6.11. The van der Waals surface area contributed by atoms with Crippen molar-refractivity contribution in [1.29, 1.82) is 0 Å². The van der Waals surface area contributed by atoms with Crippen LogP contribution in [0.1, 0.15) is 84.1 Å². The zero-order valence-corrected chi connectivity index (χ0v) is 12.0. The Morgan fingerprint density at radius 2 is 0.773 bits per heavy atom. The molecular weight excluding hydrogens is 270 g/mol. The Balaban J connectivity index is -0.0000000750. The van der Waals surface area contributed by atoms with E-state index in [-0.39, 0.29) is 44.6 Å². The van der Waals surface area contributed by atoms with Crippen LogP contribution in [0, 0.1) is 0 Å². The molecule has 0 aliphatic heterocycles. The van der Waals surface area contributed by atoms with Crippen molar-refractivity contribution in [3.8, 4) is 0 Å². The monoisotopic (exact) mass is 325 g/mol. The van der Waals surface area contributed by atoms with E-state index in [1.807, 2.05) is 0 Å². The van der Waals surface area contributed by atoms with Crippen molar-refractivity contribution in [3.05, 3.63) is 0 Å². The van der Waals surface area contributed by atoms with E-state index >= 15 is 0 Å². The molecule has 0 aromatic carbocycles. The van der Waals surface area contributed by atoms with Gasteiger partial charge in [0.1, 0.15) is 0 Å². The standard InChI is InChI=1S/C13H31N3.6CH4/c1-6-8-10-14(3)12-16(5)13-15(4)11-9-7-2;;;;;;/h6-13H2,1-5H3;6*1H4. The van der Waals surface area contributed by atoms with Crippen molar-refractivity contribution >= 4 is 0 Å². The Hall–Kier alpha value is -0.120. The molecule has 0 heterocycles. The van der Waals surface area contributed by atoms with Crippen molar-refractivity contribution in [1.82, 2.24) is 14.7 Å². The molecule has 0 rings (SSSR count). The van der Waals surface area contributed by atoms with Crippen LogP contribution in [0.4, 0.5) is 0 Å². The van der Waals surface area contributed by atoms with Gasteiger partial charge in [-0.25, -0.2) is 0 Å². The third-order valence-electron chi connectivity index (χ3n) is 2.75. The maximum Gasteiger partial charge on any atom is 0.0512 e. The van der Waals surface area contributed by atoms with Gasteiger partial charge in [-0.1, -0.05) is 71.2 Å². The first-order chi connectivity index (χ1) is 7.60. The lowest BCUT2D eigenvalue weighted by Crippen LogP contribution is -2.40. The van der Waals surface area contributed by atoms with Gasteiger partial charge in [-0.2, -0.15) is 0 Å². The molecule has 3 nitrogen and oxygen atoms in total. The van der Waals surface area contributed by atoms with Gasteiger partial charge in [0, 0.05) is 0 Å². The van der Waals surface area contributed by atoms with Crippen LogP contribution in [0.25, 0.3) is 0 Å². The van der Waals surface area contributed by atoms with E-state index in [2.05, 4.69) is 49.7 Å². The molecule has 0 unspecified atom stereocenters. The van der Waals surface area contributed by atoms with E-state index in [0.717, 1.165) is 13.3 Å². The summed E-state index contributed by atoms with van der Waals surface area (Å²) in [4.78, 5) is 7.18. The first-order valence-electron chi connectivity index (χ1n) is 6.65. The van der Waals surface area contributed by atoms with Gasteiger partial charge < -0.3 is 0 Å². The topological polar surface area (TPSA) is 9.72 Å². The second-order valence-electron chi connectivity index (χ2n) is 5.01. The molecule has 0 aromatic rings. The Morgan fingerprint density at radius 3 is 1.00 bits per heavy atom. The summed E-state index contributed by atoms with van der Waals surface area (Å²) in [5.74, 6) is 0. The average molecular weight is 326 g/mol. The number of hydrogen-bond acceptors (Lipinski definition) is 3. The van der Waals surface area contributed by atoms with Crippen LogP contribution in [0.2, 0.25) is 0 Å². The molecule has 0 amide bonds. The van der Waals surface area contributed by atoms with Gasteiger partial charge in [0.2, 0.25) is 0 Å². The molecule has 0 spiro atoms. The van der Waals surface area contributed by atoms with Crippen LogP contribution in [-0.4, -0.2) is 62.3 Å². The molecule has 0 saturated carbocycles. The predicted molar refractivity (Wildman–Crippen MR) is 113 cm³/mol. The van der Waals surface area contributed by atoms with Crippen LogP contribution in [0.3, 0.4) is 0 Å². The molecule has 0 radical (unpaired) electrons. The lowest BCUT2D eigenvalue weighted by Gasteiger charge is -2.28. The van der Waals surface area contributed by atoms with E-state index in [1.165, 1.54) is 38.8 Å². The largest absolute Gasteiger partial charge is 0.294 e. The van der Waals surface area contributed by atoms with E-state index in [9.17, 15) is 0 Å². The maximum atomic E-state index is 2.40. The Labute approximate surface area is 147 Å². The molecule has 0 saturated heterocycles. The van der Waals surface area contributed by atoms with Crippen LogP contribution in [0.5, 0.6) is 0 Å². The Morgan fingerprint density at radius 1 is 0.500 bits per heavy atom. The molecular formula is C19H55N3. The second kappa shape index (κ2) is 29.0.